The summed E-state index contributed by atoms with van der Waals surface area (Å²) < 4.78 is 2.29. The Labute approximate surface area is 198 Å². The normalized spacial score (nSPS) is 21.8. The highest BCUT2D eigenvalue weighted by Gasteiger charge is 2.38. The van der Waals surface area contributed by atoms with Crippen molar-refractivity contribution in [1.82, 2.24) is 14.4 Å². The standard InChI is InChI=1S/C23H29N5O2S2/c1-4-27-20(26-11-9-25(3)10-12-26)17(15(2)18(14-24)21(27)29)13-19-22(30)28(23(31)32-19)16-7-5-6-8-16/h13,16H,4-12H2,1-3H3/b19-13-. The third kappa shape index (κ3) is 4.00. The number of pyridine rings is 1. The molecule has 0 bridgehead atoms. The summed E-state index contributed by atoms with van der Waals surface area (Å²) in [5.74, 6) is 0.747. The molecule has 1 aromatic rings. The van der Waals surface area contributed by atoms with E-state index in [2.05, 4.69) is 22.9 Å². The van der Waals surface area contributed by atoms with Gasteiger partial charge in [0.25, 0.3) is 11.5 Å². The largest absolute Gasteiger partial charge is 0.355 e. The van der Waals surface area contributed by atoms with Gasteiger partial charge in [-0.05, 0) is 45.4 Å². The molecule has 2 aliphatic heterocycles. The number of carbonyl (C=O) groups excluding carboxylic acids is 1. The lowest BCUT2D eigenvalue weighted by Crippen LogP contribution is -2.47. The zero-order valence-corrected chi connectivity index (χ0v) is 20.5. The van der Waals surface area contributed by atoms with Gasteiger partial charge in [0.1, 0.15) is 21.8 Å². The fourth-order valence-corrected chi connectivity index (χ4v) is 6.27. The number of piperazine rings is 1. The number of likely N-dealkylation sites (N-methyl/N-ethyl adjacent to an activating group) is 1. The Morgan fingerprint density at radius 1 is 1.19 bits per heavy atom. The molecule has 3 aliphatic rings. The molecule has 3 heterocycles. The molecule has 0 unspecified atom stereocenters. The molecule has 7 nitrogen and oxygen atoms in total. The van der Waals surface area contributed by atoms with Crippen molar-refractivity contribution < 1.29 is 4.79 Å². The molecule has 0 atom stereocenters. The second kappa shape index (κ2) is 9.38. The fourth-order valence-electron chi connectivity index (χ4n) is 4.88. The number of anilines is 1. The monoisotopic (exact) mass is 471 g/mol. The van der Waals surface area contributed by atoms with Crippen LogP contribution in [-0.2, 0) is 11.3 Å². The lowest BCUT2D eigenvalue weighted by atomic mass is 10.0. The first-order valence-corrected chi connectivity index (χ1v) is 12.5. The van der Waals surface area contributed by atoms with Crippen molar-refractivity contribution in [3.8, 4) is 6.07 Å². The summed E-state index contributed by atoms with van der Waals surface area (Å²) in [5, 5.41) is 9.71. The zero-order valence-electron chi connectivity index (χ0n) is 18.9. The maximum absolute atomic E-state index is 13.3. The van der Waals surface area contributed by atoms with E-state index in [9.17, 15) is 14.9 Å². The van der Waals surface area contributed by atoms with E-state index in [-0.39, 0.29) is 23.1 Å². The van der Waals surface area contributed by atoms with Crippen LogP contribution in [0.2, 0.25) is 0 Å². The van der Waals surface area contributed by atoms with Crippen molar-refractivity contribution in [3.63, 3.8) is 0 Å². The van der Waals surface area contributed by atoms with E-state index in [1.54, 1.807) is 9.47 Å². The second-order valence-corrected chi connectivity index (χ2v) is 10.4. The number of thioether (sulfide) groups is 1. The van der Waals surface area contributed by atoms with Crippen molar-refractivity contribution in [2.24, 2.45) is 0 Å². The van der Waals surface area contributed by atoms with E-state index < -0.39 is 0 Å². The predicted molar refractivity (Wildman–Crippen MR) is 133 cm³/mol. The van der Waals surface area contributed by atoms with Crippen LogP contribution in [0.15, 0.2) is 9.70 Å². The van der Waals surface area contributed by atoms with Crippen LogP contribution < -0.4 is 10.5 Å². The average Bonchev–Trinajstić information content (AvgIpc) is 3.38. The number of rotatable bonds is 4. The van der Waals surface area contributed by atoms with E-state index in [0.717, 1.165) is 63.2 Å². The maximum Gasteiger partial charge on any atom is 0.270 e. The first-order valence-electron chi connectivity index (χ1n) is 11.2. The van der Waals surface area contributed by atoms with Gasteiger partial charge in [0.15, 0.2) is 0 Å². The second-order valence-electron chi connectivity index (χ2n) is 8.68. The van der Waals surface area contributed by atoms with Crippen LogP contribution >= 0.6 is 24.0 Å². The third-order valence-electron chi connectivity index (χ3n) is 6.75. The molecule has 1 amide bonds. The van der Waals surface area contributed by atoms with Crippen LogP contribution in [0, 0.1) is 18.3 Å². The number of nitrogens with zero attached hydrogens (tertiary/aromatic N) is 5. The van der Waals surface area contributed by atoms with E-state index in [1.807, 2.05) is 19.9 Å². The first-order chi connectivity index (χ1) is 15.4. The molecule has 32 heavy (non-hydrogen) atoms. The van der Waals surface area contributed by atoms with E-state index in [0.29, 0.717) is 21.3 Å². The maximum atomic E-state index is 13.3. The lowest BCUT2D eigenvalue weighted by Gasteiger charge is -2.36. The number of nitriles is 1. The van der Waals surface area contributed by atoms with E-state index in [4.69, 9.17) is 12.2 Å². The Balaban J connectivity index is 1.84. The lowest BCUT2D eigenvalue weighted by molar-refractivity contribution is -0.123. The molecule has 2 saturated heterocycles. The van der Waals surface area contributed by atoms with Crippen LogP contribution in [0.1, 0.15) is 49.3 Å². The summed E-state index contributed by atoms with van der Waals surface area (Å²) in [5.41, 5.74) is 1.28. The number of hydrogen-bond donors (Lipinski definition) is 0. The fraction of sp³-hybridized carbons (Fsp3) is 0.565. The first kappa shape index (κ1) is 23.0. The summed E-state index contributed by atoms with van der Waals surface area (Å²) in [4.78, 5) is 33.2. The van der Waals surface area contributed by atoms with Crippen LogP contribution in [-0.4, -0.2) is 63.9 Å². The Bertz CT molecular complexity index is 1070. The van der Waals surface area contributed by atoms with Gasteiger partial charge in [-0.2, -0.15) is 5.26 Å². The molecule has 0 radical (unpaired) electrons. The van der Waals surface area contributed by atoms with Crippen LogP contribution in [0.3, 0.4) is 0 Å². The average molecular weight is 472 g/mol. The SMILES string of the molecule is CCn1c(N2CCN(C)CC2)c(/C=C2\SC(=S)N(C3CCCC3)C2=O)c(C)c(C#N)c1=O. The molecule has 3 fully saturated rings. The minimum absolute atomic E-state index is 0.0524. The van der Waals surface area contributed by atoms with Crippen LogP contribution in [0.4, 0.5) is 5.82 Å². The Hall–Kier alpha value is -2.15. The van der Waals surface area contributed by atoms with Gasteiger partial charge in [0, 0.05) is 44.3 Å². The number of aromatic nitrogens is 1. The third-order valence-corrected chi connectivity index (χ3v) is 8.08. The van der Waals surface area contributed by atoms with Crippen molar-refractivity contribution in [2.75, 3.05) is 38.1 Å². The van der Waals surface area contributed by atoms with Gasteiger partial charge in [-0.3, -0.25) is 19.1 Å². The molecular formula is C23H29N5O2S2. The molecule has 9 heteroatoms. The van der Waals surface area contributed by atoms with Gasteiger partial charge in [-0.15, -0.1) is 0 Å². The van der Waals surface area contributed by atoms with Crippen molar-refractivity contribution in [1.29, 1.82) is 5.26 Å². The van der Waals surface area contributed by atoms with Gasteiger partial charge in [0.2, 0.25) is 0 Å². The van der Waals surface area contributed by atoms with Gasteiger partial charge < -0.3 is 9.80 Å². The van der Waals surface area contributed by atoms with Crippen LogP contribution in [0.5, 0.6) is 0 Å². The molecule has 0 N–H and O–H groups in total. The number of thiocarbonyl (C=S) groups is 1. The Kier molecular flexibility index (Phi) is 6.75. The molecule has 1 saturated carbocycles. The van der Waals surface area contributed by atoms with Crippen molar-refractivity contribution in [3.05, 3.63) is 31.9 Å². The van der Waals surface area contributed by atoms with E-state index in [1.165, 1.54) is 11.8 Å². The van der Waals surface area contributed by atoms with Crippen molar-refractivity contribution in [2.45, 2.75) is 52.1 Å². The molecule has 0 spiro atoms. The molecule has 170 valence electrons. The number of amides is 1. The summed E-state index contributed by atoms with van der Waals surface area (Å²) in [6.07, 6.45) is 6.10. The summed E-state index contributed by atoms with van der Waals surface area (Å²) in [7, 11) is 2.09. The van der Waals surface area contributed by atoms with Crippen molar-refractivity contribution >= 4 is 46.1 Å². The predicted octanol–water partition coefficient (Wildman–Crippen LogP) is 2.94. The van der Waals surface area contributed by atoms with Gasteiger partial charge in [0.05, 0.1) is 4.91 Å². The highest BCUT2D eigenvalue weighted by molar-refractivity contribution is 8.26. The zero-order chi connectivity index (χ0) is 23.0. The summed E-state index contributed by atoms with van der Waals surface area (Å²) in [6, 6.07) is 2.28. The smallest absolute Gasteiger partial charge is 0.270 e. The van der Waals surface area contributed by atoms with Gasteiger partial charge in [-0.1, -0.05) is 36.8 Å². The van der Waals surface area contributed by atoms with Crippen LogP contribution in [0.25, 0.3) is 6.08 Å². The van der Waals surface area contributed by atoms with Gasteiger partial charge in [-0.25, -0.2) is 0 Å². The highest BCUT2D eigenvalue weighted by Crippen LogP contribution is 2.39. The molecular weight excluding hydrogens is 442 g/mol. The number of hydrogen-bond acceptors (Lipinski definition) is 7. The minimum Gasteiger partial charge on any atom is -0.355 e. The Morgan fingerprint density at radius 2 is 1.84 bits per heavy atom. The quantitative estimate of drug-likeness (QED) is 0.494. The molecule has 4 rings (SSSR count). The van der Waals surface area contributed by atoms with E-state index >= 15 is 0 Å². The topological polar surface area (TPSA) is 72.6 Å². The number of carbonyl (C=O) groups is 1. The Morgan fingerprint density at radius 3 is 2.44 bits per heavy atom. The van der Waals surface area contributed by atoms with Gasteiger partial charge >= 0.3 is 0 Å². The molecule has 0 aromatic carbocycles. The highest BCUT2D eigenvalue weighted by atomic mass is 32.2. The molecule has 1 aromatic heterocycles. The summed E-state index contributed by atoms with van der Waals surface area (Å²) >= 11 is 6.90. The minimum atomic E-state index is -0.267. The molecule has 1 aliphatic carbocycles. The summed E-state index contributed by atoms with van der Waals surface area (Å²) in [6.45, 7) is 7.53.